The zero-order chi connectivity index (χ0) is 6.41. The summed E-state index contributed by atoms with van der Waals surface area (Å²) in [6, 6.07) is 0. The molecule has 0 aliphatic rings. The molecule has 1 atom stereocenters. The summed E-state index contributed by atoms with van der Waals surface area (Å²) < 4.78 is 0. The fourth-order valence-corrected chi connectivity index (χ4v) is 0.757. The Bertz CT molecular complexity index is 43.8. The van der Waals surface area contributed by atoms with Crippen molar-refractivity contribution in [3.63, 3.8) is 0 Å². The summed E-state index contributed by atoms with van der Waals surface area (Å²) in [5.41, 5.74) is 0. The molecule has 0 fully saturated rings. The normalized spacial score (nSPS) is 12.3. The van der Waals surface area contributed by atoms with E-state index in [4.69, 9.17) is 0 Å². The van der Waals surface area contributed by atoms with Crippen LogP contribution in [0.5, 0.6) is 0 Å². The summed E-state index contributed by atoms with van der Waals surface area (Å²) in [5, 5.41) is 0. The van der Waals surface area contributed by atoms with Crippen molar-refractivity contribution in [3.8, 4) is 0 Å². The minimum Gasteiger partial charge on any atom is -0.0654 e. The smallest absolute Gasteiger partial charge is 0.0654 e. The standard InChI is InChI=1S/C8H18.K/c1-4-6-7-8(3)5-2;/h8H,4-7H2,1-3H3;/q;+1. The molecule has 0 bridgehead atoms. The first-order chi connectivity index (χ1) is 3.81. The molecule has 0 rings (SSSR count). The average molecular weight is 153 g/mol. The van der Waals surface area contributed by atoms with Gasteiger partial charge in [-0.2, -0.15) is 0 Å². The SMILES string of the molecule is CCCCC(C)CC.[K+]. The molecule has 1 heteroatoms. The molecule has 0 aromatic rings. The van der Waals surface area contributed by atoms with Gasteiger partial charge in [0, 0.05) is 0 Å². The fourth-order valence-electron chi connectivity index (χ4n) is 0.757. The Hall–Kier alpha value is 1.64. The second-order valence-electron chi connectivity index (χ2n) is 2.66. The van der Waals surface area contributed by atoms with Crippen LogP contribution < -0.4 is 51.4 Å². The Morgan fingerprint density at radius 3 is 2.11 bits per heavy atom. The molecule has 0 aromatic heterocycles. The van der Waals surface area contributed by atoms with Crippen LogP contribution >= 0.6 is 0 Å². The molecule has 0 N–H and O–H groups in total. The molecule has 0 radical (unpaired) electrons. The Labute approximate surface area is 102 Å². The van der Waals surface area contributed by atoms with E-state index < -0.39 is 0 Å². The molecule has 9 heavy (non-hydrogen) atoms. The quantitative estimate of drug-likeness (QED) is 0.507. The average Bonchev–Trinajstić information content (AvgIpc) is 1.83. The Kier molecular flexibility index (Phi) is 14.2. The number of hydrogen-bond donors (Lipinski definition) is 0. The van der Waals surface area contributed by atoms with E-state index in [2.05, 4.69) is 20.8 Å². The van der Waals surface area contributed by atoms with Crippen molar-refractivity contribution in [2.75, 3.05) is 0 Å². The number of rotatable bonds is 4. The van der Waals surface area contributed by atoms with Crippen LogP contribution in [0.1, 0.15) is 46.5 Å². The van der Waals surface area contributed by atoms with E-state index in [1.54, 1.807) is 0 Å². The van der Waals surface area contributed by atoms with E-state index >= 15 is 0 Å². The maximum Gasteiger partial charge on any atom is 1.00 e. The summed E-state index contributed by atoms with van der Waals surface area (Å²) in [7, 11) is 0. The van der Waals surface area contributed by atoms with Crippen LogP contribution in [0.3, 0.4) is 0 Å². The van der Waals surface area contributed by atoms with Gasteiger partial charge in [-0.1, -0.05) is 46.5 Å². The van der Waals surface area contributed by atoms with E-state index in [1.807, 2.05) is 0 Å². The molecule has 0 aliphatic carbocycles. The second kappa shape index (κ2) is 9.64. The molecular weight excluding hydrogens is 135 g/mol. The summed E-state index contributed by atoms with van der Waals surface area (Å²) >= 11 is 0. The third-order valence-corrected chi connectivity index (χ3v) is 1.75. The van der Waals surface area contributed by atoms with Gasteiger partial charge < -0.3 is 0 Å². The van der Waals surface area contributed by atoms with Crippen molar-refractivity contribution in [3.05, 3.63) is 0 Å². The molecule has 0 aromatic carbocycles. The van der Waals surface area contributed by atoms with Crippen LogP contribution in [-0.2, 0) is 0 Å². The molecular formula is C8H18K+. The molecule has 0 amide bonds. The first-order valence-electron chi connectivity index (χ1n) is 3.81. The third kappa shape index (κ3) is 9.64. The predicted molar refractivity (Wildman–Crippen MR) is 39.0 cm³/mol. The van der Waals surface area contributed by atoms with Crippen LogP contribution in [0.15, 0.2) is 0 Å². The van der Waals surface area contributed by atoms with Gasteiger partial charge in [0.05, 0.1) is 0 Å². The fraction of sp³-hybridized carbons (Fsp3) is 1.00. The molecule has 50 valence electrons. The van der Waals surface area contributed by atoms with Gasteiger partial charge in [0.2, 0.25) is 0 Å². The first-order valence-corrected chi connectivity index (χ1v) is 3.81. The first kappa shape index (κ1) is 13.2. The van der Waals surface area contributed by atoms with Gasteiger partial charge in [-0.05, 0) is 5.92 Å². The molecule has 0 nitrogen and oxygen atoms in total. The minimum absolute atomic E-state index is 0. The van der Waals surface area contributed by atoms with Gasteiger partial charge in [-0.15, -0.1) is 0 Å². The Balaban J connectivity index is 0. The van der Waals surface area contributed by atoms with Gasteiger partial charge >= 0.3 is 51.4 Å². The Morgan fingerprint density at radius 2 is 1.78 bits per heavy atom. The zero-order valence-corrected chi connectivity index (χ0v) is 10.5. The van der Waals surface area contributed by atoms with Gasteiger partial charge in [-0.3, -0.25) is 0 Å². The van der Waals surface area contributed by atoms with E-state index in [9.17, 15) is 0 Å². The Morgan fingerprint density at radius 1 is 1.22 bits per heavy atom. The van der Waals surface area contributed by atoms with E-state index in [-0.39, 0.29) is 51.4 Å². The summed E-state index contributed by atoms with van der Waals surface area (Å²) in [6.07, 6.45) is 5.53. The van der Waals surface area contributed by atoms with E-state index in [1.165, 1.54) is 25.7 Å². The molecule has 0 spiro atoms. The maximum absolute atomic E-state index is 2.33. The van der Waals surface area contributed by atoms with Crippen LogP contribution in [0.2, 0.25) is 0 Å². The van der Waals surface area contributed by atoms with Crippen LogP contribution in [0.25, 0.3) is 0 Å². The van der Waals surface area contributed by atoms with Crippen molar-refractivity contribution < 1.29 is 51.4 Å². The molecule has 1 unspecified atom stereocenters. The summed E-state index contributed by atoms with van der Waals surface area (Å²) in [6.45, 7) is 6.85. The minimum atomic E-state index is 0. The molecule has 0 aliphatic heterocycles. The van der Waals surface area contributed by atoms with Crippen molar-refractivity contribution in [2.24, 2.45) is 5.92 Å². The van der Waals surface area contributed by atoms with Gasteiger partial charge in [-0.25, -0.2) is 0 Å². The van der Waals surface area contributed by atoms with E-state index in [0.717, 1.165) is 5.92 Å². The van der Waals surface area contributed by atoms with Crippen molar-refractivity contribution in [1.82, 2.24) is 0 Å². The molecule has 0 saturated heterocycles. The monoisotopic (exact) mass is 153 g/mol. The molecule has 0 heterocycles. The molecule has 0 saturated carbocycles. The van der Waals surface area contributed by atoms with Gasteiger partial charge in [0.25, 0.3) is 0 Å². The maximum atomic E-state index is 2.33. The van der Waals surface area contributed by atoms with Crippen molar-refractivity contribution in [2.45, 2.75) is 46.5 Å². The van der Waals surface area contributed by atoms with E-state index in [0.29, 0.717) is 0 Å². The predicted octanol–water partition coefficient (Wildman–Crippen LogP) is 0.227. The van der Waals surface area contributed by atoms with Crippen LogP contribution in [-0.4, -0.2) is 0 Å². The van der Waals surface area contributed by atoms with Crippen LogP contribution in [0, 0.1) is 5.92 Å². The zero-order valence-electron chi connectivity index (χ0n) is 7.41. The van der Waals surface area contributed by atoms with Crippen molar-refractivity contribution in [1.29, 1.82) is 0 Å². The number of hydrogen-bond acceptors (Lipinski definition) is 0. The van der Waals surface area contributed by atoms with Crippen LogP contribution in [0.4, 0.5) is 0 Å². The second-order valence-corrected chi connectivity index (χ2v) is 2.66. The topological polar surface area (TPSA) is 0 Å². The van der Waals surface area contributed by atoms with Gasteiger partial charge in [0.1, 0.15) is 0 Å². The number of unbranched alkanes of at least 4 members (excludes halogenated alkanes) is 1. The largest absolute Gasteiger partial charge is 1.00 e. The summed E-state index contributed by atoms with van der Waals surface area (Å²) in [5.74, 6) is 0.954. The third-order valence-electron chi connectivity index (χ3n) is 1.75. The van der Waals surface area contributed by atoms with Gasteiger partial charge in [0.15, 0.2) is 0 Å². The van der Waals surface area contributed by atoms with Crippen molar-refractivity contribution >= 4 is 0 Å². The summed E-state index contributed by atoms with van der Waals surface area (Å²) in [4.78, 5) is 0.